The van der Waals surface area contributed by atoms with Crippen molar-refractivity contribution in [2.75, 3.05) is 14.2 Å². The molecule has 23 heavy (non-hydrogen) atoms. The topological polar surface area (TPSA) is 55.8 Å². The van der Waals surface area contributed by atoms with Crippen molar-refractivity contribution in [3.63, 3.8) is 0 Å². The lowest BCUT2D eigenvalue weighted by Gasteiger charge is -2.31. The van der Waals surface area contributed by atoms with E-state index in [-0.39, 0.29) is 6.04 Å². The van der Waals surface area contributed by atoms with Crippen LogP contribution in [0.4, 0.5) is 0 Å². The summed E-state index contributed by atoms with van der Waals surface area (Å²) in [7, 11) is 2.69. The first-order valence-electron chi connectivity index (χ1n) is 7.32. The van der Waals surface area contributed by atoms with Crippen molar-refractivity contribution in [3.05, 3.63) is 45.4 Å². The van der Waals surface area contributed by atoms with Crippen LogP contribution in [0, 0.1) is 6.92 Å². The molecule has 6 heteroatoms. The Kier molecular flexibility index (Phi) is 5.26. The van der Waals surface area contributed by atoms with Gasteiger partial charge in [0.15, 0.2) is 0 Å². The lowest BCUT2D eigenvalue weighted by Crippen LogP contribution is -2.31. The first-order valence-corrected chi connectivity index (χ1v) is 8.14. The van der Waals surface area contributed by atoms with Crippen LogP contribution in [-0.4, -0.2) is 37.1 Å². The van der Waals surface area contributed by atoms with E-state index < -0.39 is 17.9 Å². The highest BCUT2D eigenvalue weighted by molar-refractivity contribution is 7.12. The number of aryl methyl sites for hydroxylation is 1. The lowest BCUT2D eigenvalue weighted by atomic mass is 9.87. The minimum absolute atomic E-state index is 0.0975. The van der Waals surface area contributed by atoms with Crippen LogP contribution in [-0.2, 0) is 19.1 Å². The van der Waals surface area contributed by atoms with E-state index in [0.29, 0.717) is 11.1 Å². The fourth-order valence-electron chi connectivity index (χ4n) is 2.47. The smallest absolute Gasteiger partial charge is 0.336 e. The third-order valence-corrected chi connectivity index (χ3v) is 4.75. The second-order valence-corrected chi connectivity index (χ2v) is 6.89. The maximum Gasteiger partial charge on any atom is 0.336 e. The molecule has 2 rings (SSSR count). The summed E-state index contributed by atoms with van der Waals surface area (Å²) in [5.41, 5.74) is 0.872. The van der Waals surface area contributed by atoms with Crippen molar-refractivity contribution in [3.8, 4) is 0 Å². The molecule has 1 aromatic rings. The van der Waals surface area contributed by atoms with E-state index in [1.807, 2.05) is 37.8 Å². The Morgan fingerprint density at radius 3 is 1.96 bits per heavy atom. The molecular weight excluding hydrogens is 314 g/mol. The molecule has 0 aliphatic carbocycles. The van der Waals surface area contributed by atoms with Crippen LogP contribution in [0.1, 0.15) is 29.5 Å². The molecule has 124 valence electrons. The van der Waals surface area contributed by atoms with E-state index >= 15 is 0 Å². The summed E-state index contributed by atoms with van der Waals surface area (Å²) in [5, 5.41) is 0. The quantitative estimate of drug-likeness (QED) is 0.792. The van der Waals surface area contributed by atoms with Gasteiger partial charge in [0.05, 0.1) is 31.3 Å². The fourth-order valence-corrected chi connectivity index (χ4v) is 3.48. The van der Waals surface area contributed by atoms with E-state index in [4.69, 9.17) is 9.47 Å². The molecule has 5 nitrogen and oxygen atoms in total. The number of carbonyl (C=O) groups is 2. The molecule has 0 aromatic carbocycles. The van der Waals surface area contributed by atoms with Gasteiger partial charge in [-0.3, -0.25) is 0 Å². The summed E-state index contributed by atoms with van der Waals surface area (Å²) in [5.74, 6) is -1.36. The van der Waals surface area contributed by atoms with Crippen LogP contribution in [0.15, 0.2) is 35.7 Å². The molecule has 0 radical (unpaired) electrons. The molecule has 0 atom stereocenters. The van der Waals surface area contributed by atoms with Crippen molar-refractivity contribution in [2.24, 2.45) is 0 Å². The number of rotatable bonds is 4. The van der Waals surface area contributed by atoms with Gasteiger partial charge in [0, 0.05) is 28.2 Å². The molecule has 1 aliphatic rings. The molecule has 0 unspecified atom stereocenters. The Hall–Kier alpha value is -2.08. The highest BCUT2D eigenvalue weighted by Crippen LogP contribution is 2.40. The van der Waals surface area contributed by atoms with E-state index in [2.05, 4.69) is 0 Å². The first kappa shape index (κ1) is 17.3. The third-order valence-electron chi connectivity index (χ3n) is 3.68. The monoisotopic (exact) mass is 335 g/mol. The van der Waals surface area contributed by atoms with Gasteiger partial charge in [-0.15, -0.1) is 11.3 Å². The zero-order valence-electron chi connectivity index (χ0n) is 14.0. The zero-order valence-corrected chi connectivity index (χ0v) is 14.8. The van der Waals surface area contributed by atoms with E-state index in [0.717, 1.165) is 9.75 Å². The molecule has 0 saturated heterocycles. The van der Waals surface area contributed by atoms with E-state index in [1.165, 1.54) is 14.2 Å². The van der Waals surface area contributed by atoms with Gasteiger partial charge >= 0.3 is 11.9 Å². The van der Waals surface area contributed by atoms with Gasteiger partial charge in [-0.25, -0.2) is 9.59 Å². The van der Waals surface area contributed by atoms with Gasteiger partial charge in [-0.2, -0.15) is 0 Å². The molecule has 1 aromatic heterocycles. The largest absolute Gasteiger partial charge is 0.466 e. The molecule has 0 spiro atoms. The zero-order chi connectivity index (χ0) is 17.1. The normalized spacial score (nSPS) is 15.3. The van der Waals surface area contributed by atoms with Crippen LogP contribution >= 0.6 is 11.3 Å². The molecule has 0 amide bonds. The minimum atomic E-state index is -0.469. The van der Waals surface area contributed by atoms with E-state index in [1.54, 1.807) is 23.7 Å². The Balaban J connectivity index is 2.59. The number of nitrogens with zero attached hydrogens (tertiary/aromatic N) is 1. The predicted molar refractivity (Wildman–Crippen MR) is 89.0 cm³/mol. The standard InChI is InChI=1S/C17H21NO4S/c1-10(2)18-8-12(16(19)21-4)15(13(9-18)17(20)22-5)14-7-6-11(3)23-14/h6-10,15H,1-5H3. The summed E-state index contributed by atoms with van der Waals surface area (Å²) in [6.07, 6.45) is 3.51. The summed E-state index contributed by atoms with van der Waals surface area (Å²) in [4.78, 5) is 28.4. The minimum Gasteiger partial charge on any atom is -0.466 e. The number of thiophene rings is 1. The molecule has 0 N–H and O–H groups in total. The Bertz CT molecular complexity index is 638. The van der Waals surface area contributed by atoms with Crippen molar-refractivity contribution < 1.29 is 19.1 Å². The number of esters is 2. The first-order chi connectivity index (χ1) is 10.9. The van der Waals surface area contributed by atoms with Crippen LogP contribution < -0.4 is 0 Å². The average Bonchev–Trinajstić information content (AvgIpc) is 2.97. The number of ether oxygens (including phenoxy) is 2. The Labute approximate surface area is 140 Å². The van der Waals surface area contributed by atoms with Crippen LogP contribution in [0.2, 0.25) is 0 Å². The summed E-state index contributed by atoms with van der Waals surface area (Å²) >= 11 is 1.55. The maximum absolute atomic E-state index is 12.3. The molecule has 0 bridgehead atoms. The van der Waals surface area contributed by atoms with Gasteiger partial charge in [0.1, 0.15) is 0 Å². The second-order valence-electron chi connectivity index (χ2n) is 5.57. The highest BCUT2D eigenvalue weighted by Gasteiger charge is 2.36. The number of methoxy groups -OCH3 is 2. The summed E-state index contributed by atoms with van der Waals surface area (Å²) in [6, 6.07) is 4.00. The molecule has 2 heterocycles. The van der Waals surface area contributed by atoms with Gasteiger partial charge in [0.2, 0.25) is 0 Å². The number of hydrogen-bond donors (Lipinski definition) is 0. The van der Waals surface area contributed by atoms with Gasteiger partial charge in [-0.05, 0) is 32.9 Å². The summed E-state index contributed by atoms with van der Waals surface area (Å²) in [6.45, 7) is 5.94. The molecular formula is C17H21NO4S. The SMILES string of the molecule is COC(=O)C1=CN(C(C)C)C=C(C(=O)OC)C1c1ccc(C)s1. The molecule has 0 fully saturated rings. The average molecular weight is 335 g/mol. The van der Waals surface area contributed by atoms with Crippen molar-refractivity contribution in [1.29, 1.82) is 0 Å². The van der Waals surface area contributed by atoms with Crippen molar-refractivity contribution >= 4 is 23.3 Å². The third kappa shape index (κ3) is 3.47. The fraction of sp³-hybridized carbons (Fsp3) is 0.412. The van der Waals surface area contributed by atoms with Gasteiger partial charge in [-0.1, -0.05) is 0 Å². The number of hydrogen-bond acceptors (Lipinski definition) is 6. The number of carbonyl (C=O) groups excluding carboxylic acids is 2. The molecule has 0 saturated carbocycles. The van der Waals surface area contributed by atoms with Gasteiger partial charge < -0.3 is 14.4 Å². The summed E-state index contributed by atoms with van der Waals surface area (Å²) < 4.78 is 9.86. The van der Waals surface area contributed by atoms with Crippen LogP contribution in [0.3, 0.4) is 0 Å². The Morgan fingerprint density at radius 2 is 1.61 bits per heavy atom. The van der Waals surface area contributed by atoms with Crippen molar-refractivity contribution in [1.82, 2.24) is 4.90 Å². The second kappa shape index (κ2) is 7.00. The molecule has 1 aliphatic heterocycles. The maximum atomic E-state index is 12.3. The highest BCUT2D eigenvalue weighted by atomic mass is 32.1. The van der Waals surface area contributed by atoms with Crippen LogP contribution in [0.25, 0.3) is 0 Å². The van der Waals surface area contributed by atoms with E-state index in [9.17, 15) is 9.59 Å². The van der Waals surface area contributed by atoms with Crippen LogP contribution in [0.5, 0.6) is 0 Å². The van der Waals surface area contributed by atoms with Crippen molar-refractivity contribution in [2.45, 2.75) is 32.7 Å². The lowest BCUT2D eigenvalue weighted by molar-refractivity contribution is -0.137. The Morgan fingerprint density at radius 1 is 1.09 bits per heavy atom. The predicted octanol–water partition coefficient (Wildman–Crippen LogP) is 2.98. The van der Waals surface area contributed by atoms with Gasteiger partial charge in [0.25, 0.3) is 0 Å².